The zero-order valence-electron chi connectivity index (χ0n) is 11.8. The van der Waals surface area contributed by atoms with Crippen molar-refractivity contribution in [3.63, 3.8) is 0 Å². The SMILES string of the molecule is CC[C@H](C)C(=O)CN(C)C(=O)OCc1ccccc1. The van der Waals surface area contributed by atoms with E-state index >= 15 is 0 Å². The molecule has 1 atom stereocenters. The lowest BCUT2D eigenvalue weighted by Gasteiger charge is -2.18. The Balaban J connectivity index is 2.39. The number of likely N-dealkylation sites (N-methyl/N-ethyl adjacent to an activating group) is 1. The fourth-order valence-electron chi connectivity index (χ4n) is 1.51. The first-order valence-electron chi connectivity index (χ1n) is 6.49. The third-order valence-corrected chi connectivity index (χ3v) is 3.07. The number of carbonyl (C=O) groups excluding carboxylic acids is 2. The Bertz CT molecular complexity index is 417. The Labute approximate surface area is 114 Å². The van der Waals surface area contributed by atoms with Gasteiger partial charge in [0, 0.05) is 13.0 Å². The number of ketones is 1. The lowest BCUT2D eigenvalue weighted by atomic mass is 10.0. The van der Waals surface area contributed by atoms with Crippen molar-refractivity contribution in [1.29, 1.82) is 0 Å². The van der Waals surface area contributed by atoms with Crippen molar-refractivity contribution >= 4 is 11.9 Å². The summed E-state index contributed by atoms with van der Waals surface area (Å²) in [5, 5.41) is 0. The summed E-state index contributed by atoms with van der Waals surface area (Å²) in [4.78, 5) is 24.7. The van der Waals surface area contributed by atoms with Gasteiger partial charge in [-0.15, -0.1) is 0 Å². The van der Waals surface area contributed by atoms with Crippen LogP contribution in [0.25, 0.3) is 0 Å². The molecule has 0 N–H and O–H groups in total. The van der Waals surface area contributed by atoms with Crippen LogP contribution in [0.15, 0.2) is 30.3 Å². The third kappa shape index (κ3) is 5.12. The molecular formula is C15H21NO3. The number of amides is 1. The van der Waals surface area contributed by atoms with Crippen LogP contribution in [-0.4, -0.2) is 30.4 Å². The van der Waals surface area contributed by atoms with Gasteiger partial charge in [-0.1, -0.05) is 44.2 Å². The number of ether oxygens (including phenoxy) is 1. The second kappa shape index (κ2) is 7.56. The maximum atomic E-state index is 11.7. The van der Waals surface area contributed by atoms with E-state index in [0.717, 1.165) is 12.0 Å². The van der Waals surface area contributed by atoms with E-state index < -0.39 is 6.09 Å². The summed E-state index contributed by atoms with van der Waals surface area (Å²) in [5.74, 6) is 0.0334. The Hall–Kier alpha value is -1.84. The molecule has 0 aliphatic carbocycles. The van der Waals surface area contributed by atoms with Crippen LogP contribution in [0.3, 0.4) is 0 Å². The molecule has 4 nitrogen and oxygen atoms in total. The maximum Gasteiger partial charge on any atom is 0.410 e. The molecular weight excluding hydrogens is 242 g/mol. The highest BCUT2D eigenvalue weighted by atomic mass is 16.6. The smallest absolute Gasteiger partial charge is 0.410 e. The number of carbonyl (C=O) groups is 2. The number of benzene rings is 1. The highest BCUT2D eigenvalue weighted by Gasteiger charge is 2.17. The average Bonchev–Trinajstić information content (AvgIpc) is 2.44. The number of nitrogens with zero attached hydrogens (tertiary/aromatic N) is 1. The van der Waals surface area contributed by atoms with Crippen LogP contribution in [0.1, 0.15) is 25.8 Å². The monoisotopic (exact) mass is 263 g/mol. The first-order valence-corrected chi connectivity index (χ1v) is 6.49. The Kier molecular flexibility index (Phi) is 6.06. The summed E-state index contributed by atoms with van der Waals surface area (Å²) in [6.45, 7) is 4.14. The van der Waals surface area contributed by atoms with Crippen molar-refractivity contribution < 1.29 is 14.3 Å². The van der Waals surface area contributed by atoms with Crippen LogP contribution in [0, 0.1) is 5.92 Å². The molecule has 0 aromatic heterocycles. The molecule has 0 unspecified atom stereocenters. The van der Waals surface area contributed by atoms with E-state index in [-0.39, 0.29) is 24.9 Å². The summed E-state index contributed by atoms with van der Waals surface area (Å²) in [7, 11) is 1.58. The minimum Gasteiger partial charge on any atom is -0.445 e. The van der Waals surface area contributed by atoms with Crippen LogP contribution in [-0.2, 0) is 16.1 Å². The molecule has 0 aliphatic rings. The van der Waals surface area contributed by atoms with Crippen molar-refractivity contribution in [1.82, 2.24) is 4.90 Å². The van der Waals surface area contributed by atoms with Crippen LogP contribution < -0.4 is 0 Å². The van der Waals surface area contributed by atoms with Gasteiger partial charge in [-0.25, -0.2) is 4.79 Å². The first kappa shape index (κ1) is 15.2. The van der Waals surface area contributed by atoms with Crippen molar-refractivity contribution in [2.75, 3.05) is 13.6 Å². The van der Waals surface area contributed by atoms with E-state index in [9.17, 15) is 9.59 Å². The minimum atomic E-state index is -0.472. The van der Waals surface area contributed by atoms with Crippen LogP contribution >= 0.6 is 0 Å². The number of Topliss-reactive ketones (excluding diaryl/α,β-unsaturated/α-hetero) is 1. The van der Waals surface area contributed by atoms with Gasteiger partial charge in [-0.05, 0) is 12.0 Å². The topological polar surface area (TPSA) is 46.6 Å². The summed E-state index contributed by atoms with van der Waals surface area (Å²) < 4.78 is 5.14. The van der Waals surface area contributed by atoms with Gasteiger partial charge in [0.15, 0.2) is 5.78 Å². The lowest BCUT2D eigenvalue weighted by Crippen LogP contribution is -2.34. The fraction of sp³-hybridized carbons (Fsp3) is 0.467. The van der Waals surface area contributed by atoms with Gasteiger partial charge >= 0.3 is 6.09 Å². The lowest BCUT2D eigenvalue weighted by molar-refractivity contribution is -0.123. The van der Waals surface area contributed by atoms with Crippen molar-refractivity contribution in [2.24, 2.45) is 5.92 Å². The normalized spacial score (nSPS) is 11.7. The molecule has 0 saturated heterocycles. The highest BCUT2D eigenvalue weighted by Crippen LogP contribution is 2.05. The van der Waals surface area contributed by atoms with Crippen LogP contribution in [0.4, 0.5) is 4.79 Å². The Morgan fingerprint density at radius 2 is 1.89 bits per heavy atom. The van der Waals surface area contributed by atoms with Gasteiger partial charge in [-0.2, -0.15) is 0 Å². The van der Waals surface area contributed by atoms with E-state index in [1.165, 1.54) is 4.90 Å². The van der Waals surface area contributed by atoms with E-state index in [4.69, 9.17) is 4.74 Å². The second-order valence-corrected chi connectivity index (χ2v) is 4.67. The molecule has 1 rings (SSSR count). The van der Waals surface area contributed by atoms with Gasteiger partial charge in [0.25, 0.3) is 0 Å². The second-order valence-electron chi connectivity index (χ2n) is 4.67. The predicted molar refractivity (Wildman–Crippen MR) is 73.7 cm³/mol. The standard InChI is InChI=1S/C15H21NO3/c1-4-12(2)14(17)10-16(3)15(18)19-11-13-8-6-5-7-9-13/h5-9,12H,4,10-11H2,1-3H3/t12-/m0/s1. The Morgan fingerprint density at radius 3 is 2.47 bits per heavy atom. The van der Waals surface area contributed by atoms with Crippen molar-refractivity contribution in [2.45, 2.75) is 26.9 Å². The summed E-state index contributed by atoms with van der Waals surface area (Å²) in [6, 6.07) is 9.45. The molecule has 19 heavy (non-hydrogen) atoms. The van der Waals surface area contributed by atoms with Crippen LogP contribution in [0.2, 0.25) is 0 Å². The average molecular weight is 263 g/mol. The number of hydrogen-bond acceptors (Lipinski definition) is 3. The van der Waals surface area contributed by atoms with E-state index in [1.54, 1.807) is 7.05 Å². The first-order chi connectivity index (χ1) is 9.04. The molecule has 0 heterocycles. The summed E-state index contributed by atoms with van der Waals surface area (Å²) in [5.41, 5.74) is 0.928. The largest absolute Gasteiger partial charge is 0.445 e. The van der Waals surface area contributed by atoms with E-state index in [2.05, 4.69) is 0 Å². The van der Waals surface area contributed by atoms with Gasteiger partial charge in [0.05, 0.1) is 6.54 Å². The quantitative estimate of drug-likeness (QED) is 0.792. The maximum absolute atomic E-state index is 11.7. The van der Waals surface area contributed by atoms with Gasteiger partial charge < -0.3 is 9.64 Å². The number of hydrogen-bond donors (Lipinski definition) is 0. The molecule has 0 radical (unpaired) electrons. The fourth-order valence-corrected chi connectivity index (χ4v) is 1.51. The zero-order chi connectivity index (χ0) is 14.3. The molecule has 0 spiro atoms. The van der Waals surface area contributed by atoms with Gasteiger partial charge in [0.2, 0.25) is 0 Å². The van der Waals surface area contributed by atoms with Crippen LogP contribution in [0.5, 0.6) is 0 Å². The molecule has 0 fully saturated rings. The molecule has 1 amide bonds. The molecule has 0 saturated carbocycles. The third-order valence-electron chi connectivity index (χ3n) is 3.07. The summed E-state index contributed by atoms with van der Waals surface area (Å²) in [6.07, 6.45) is 0.312. The van der Waals surface area contributed by atoms with Crippen molar-refractivity contribution in [3.05, 3.63) is 35.9 Å². The van der Waals surface area contributed by atoms with E-state index in [0.29, 0.717) is 0 Å². The highest BCUT2D eigenvalue weighted by molar-refractivity contribution is 5.85. The molecule has 104 valence electrons. The summed E-state index contributed by atoms with van der Waals surface area (Å²) >= 11 is 0. The molecule has 1 aromatic carbocycles. The predicted octanol–water partition coefficient (Wildman–Crippen LogP) is 2.87. The minimum absolute atomic E-state index is 0.0237. The zero-order valence-corrected chi connectivity index (χ0v) is 11.8. The van der Waals surface area contributed by atoms with Crippen molar-refractivity contribution in [3.8, 4) is 0 Å². The molecule has 1 aromatic rings. The molecule has 4 heteroatoms. The van der Waals surface area contributed by atoms with Gasteiger partial charge in [0.1, 0.15) is 6.61 Å². The molecule has 0 bridgehead atoms. The van der Waals surface area contributed by atoms with Gasteiger partial charge in [-0.3, -0.25) is 4.79 Å². The number of rotatable bonds is 6. The van der Waals surface area contributed by atoms with E-state index in [1.807, 2.05) is 44.2 Å². The molecule has 0 aliphatic heterocycles. The Morgan fingerprint density at radius 1 is 1.26 bits per heavy atom.